The number of aryl methyl sites for hydroxylation is 1. The van der Waals surface area contributed by atoms with E-state index in [-0.39, 0.29) is 0 Å². The van der Waals surface area contributed by atoms with Gasteiger partial charge in [0.05, 0.1) is 7.05 Å². The molecule has 1 aromatic rings. The van der Waals surface area contributed by atoms with E-state index in [2.05, 4.69) is 15.4 Å². The van der Waals surface area contributed by atoms with Crippen LogP contribution in [0.15, 0.2) is 27.0 Å². The highest BCUT2D eigenvalue weighted by Crippen LogP contribution is 1.85. The average Bonchev–Trinajstić information content (AvgIpc) is 2.31. The first-order valence-corrected chi connectivity index (χ1v) is 3.65. The maximum Gasteiger partial charge on any atom is 0.212 e. The van der Waals surface area contributed by atoms with Gasteiger partial charge in [-0.2, -0.15) is 5.11 Å². The highest BCUT2D eigenvalue weighted by molar-refractivity contribution is 7.07. The summed E-state index contributed by atoms with van der Waals surface area (Å²) in [5.41, 5.74) is 0. The van der Waals surface area contributed by atoms with Crippen molar-refractivity contribution in [2.75, 3.05) is 7.05 Å². The normalized spacial score (nSPS) is 13.2. The summed E-state index contributed by atoms with van der Waals surface area (Å²) in [5, 5.41) is 12.8. The monoisotopic (exact) mass is 156 g/mol. The van der Waals surface area contributed by atoms with E-state index in [1.54, 1.807) is 7.05 Å². The van der Waals surface area contributed by atoms with E-state index >= 15 is 0 Å². The van der Waals surface area contributed by atoms with Gasteiger partial charge in [-0.25, -0.2) is 0 Å². The Kier molecular flexibility index (Phi) is 2.33. The van der Waals surface area contributed by atoms with Gasteiger partial charge in [0, 0.05) is 18.6 Å². The summed E-state index contributed by atoms with van der Waals surface area (Å²) in [6.07, 6.45) is 1.93. The van der Waals surface area contributed by atoms with Crippen molar-refractivity contribution in [2.45, 2.75) is 0 Å². The van der Waals surface area contributed by atoms with Crippen molar-refractivity contribution in [3.8, 4) is 0 Å². The molecule has 10 heavy (non-hydrogen) atoms. The number of aromatic nitrogens is 1. The van der Waals surface area contributed by atoms with Gasteiger partial charge >= 0.3 is 0 Å². The molecule has 0 unspecified atom stereocenters. The number of nitrogens with zero attached hydrogens (tertiary/aromatic N) is 4. The lowest BCUT2D eigenvalue weighted by atomic mass is 10.9. The Labute approximate surface area is 62.5 Å². The summed E-state index contributed by atoms with van der Waals surface area (Å²) in [6.45, 7) is 0. The molecule has 0 N–H and O–H groups in total. The second kappa shape index (κ2) is 3.26. The first kappa shape index (κ1) is 7.14. The topological polar surface area (TPSA) is 42.0 Å². The van der Waals surface area contributed by atoms with Crippen LogP contribution in [0.2, 0.25) is 0 Å². The molecule has 0 spiro atoms. The lowest BCUT2D eigenvalue weighted by molar-refractivity contribution is 0.835. The van der Waals surface area contributed by atoms with Crippen LogP contribution in [-0.4, -0.2) is 11.6 Å². The van der Waals surface area contributed by atoms with Crippen LogP contribution in [0.3, 0.4) is 0 Å². The second-order valence-corrected chi connectivity index (χ2v) is 2.56. The van der Waals surface area contributed by atoms with Gasteiger partial charge in [-0.05, 0) is 5.22 Å². The van der Waals surface area contributed by atoms with Gasteiger partial charge in [-0.15, -0.1) is 16.4 Å². The van der Waals surface area contributed by atoms with Crippen molar-refractivity contribution in [1.82, 2.24) is 4.57 Å². The zero-order valence-corrected chi connectivity index (χ0v) is 6.67. The molecule has 0 saturated heterocycles. The van der Waals surface area contributed by atoms with E-state index < -0.39 is 0 Å². The lowest BCUT2D eigenvalue weighted by Crippen LogP contribution is -2.07. The van der Waals surface area contributed by atoms with Crippen molar-refractivity contribution in [1.29, 1.82) is 0 Å². The Morgan fingerprint density at radius 1 is 1.60 bits per heavy atom. The third kappa shape index (κ3) is 1.51. The zero-order valence-electron chi connectivity index (χ0n) is 5.85. The summed E-state index contributed by atoms with van der Waals surface area (Å²) in [7, 11) is 3.51. The predicted octanol–water partition coefficient (Wildman–Crippen LogP) is 0.984. The minimum absolute atomic E-state index is 0.852. The van der Waals surface area contributed by atoms with Crippen molar-refractivity contribution >= 4 is 11.3 Å². The fourth-order valence-corrected chi connectivity index (χ4v) is 1.18. The fraction of sp³-hybridized carbons (Fsp3) is 0.400. The Hall–Kier alpha value is -0.970. The summed E-state index contributed by atoms with van der Waals surface area (Å²) in [6, 6.07) is 0. The van der Waals surface area contributed by atoms with E-state index in [9.17, 15) is 0 Å². The molecule has 0 aliphatic rings. The molecule has 0 amide bonds. The molecule has 0 aliphatic heterocycles. The molecule has 0 fully saturated rings. The van der Waals surface area contributed by atoms with Crippen molar-refractivity contribution in [3.63, 3.8) is 0 Å². The van der Waals surface area contributed by atoms with Gasteiger partial charge in [0.1, 0.15) is 0 Å². The second-order valence-electron chi connectivity index (χ2n) is 1.69. The molecular weight excluding hydrogens is 148 g/mol. The lowest BCUT2D eigenvalue weighted by Gasteiger charge is -1.82. The standard InChI is InChI=1S/C5H8N4S/c1-6-8-7-5-9(2)3-4-10-5/h3-4H,1-2H3/b7-5+,8-6?. The number of hydrogen-bond acceptors (Lipinski definition) is 3. The van der Waals surface area contributed by atoms with Crippen LogP contribution in [0.4, 0.5) is 0 Å². The summed E-state index contributed by atoms with van der Waals surface area (Å²) in [5.74, 6) is 0. The molecule has 54 valence electrons. The van der Waals surface area contributed by atoms with Crippen molar-refractivity contribution < 1.29 is 0 Å². The van der Waals surface area contributed by atoms with Crippen LogP contribution >= 0.6 is 11.3 Å². The highest BCUT2D eigenvalue weighted by atomic mass is 32.1. The maximum atomic E-state index is 3.82. The molecule has 1 aromatic heterocycles. The Balaban J connectivity index is 3.03. The SMILES string of the molecule is CN=N/N=c1/sccn1C. The first-order chi connectivity index (χ1) is 4.84. The van der Waals surface area contributed by atoms with E-state index in [4.69, 9.17) is 0 Å². The molecule has 0 bridgehead atoms. The van der Waals surface area contributed by atoms with Crippen LogP contribution in [0.25, 0.3) is 0 Å². The summed E-state index contributed by atoms with van der Waals surface area (Å²) >= 11 is 1.53. The largest absolute Gasteiger partial charge is 0.325 e. The quantitative estimate of drug-likeness (QED) is 0.430. The number of rotatable bonds is 1. The minimum atomic E-state index is 0.852. The smallest absolute Gasteiger partial charge is 0.212 e. The molecule has 4 nitrogen and oxygen atoms in total. The highest BCUT2D eigenvalue weighted by Gasteiger charge is 1.84. The van der Waals surface area contributed by atoms with Crippen LogP contribution < -0.4 is 4.80 Å². The molecule has 0 saturated carbocycles. The molecule has 0 aromatic carbocycles. The zero-order chi connectivity index (χ0) is 7.40. The van der Waals surface area contributed by atoms with E-state index in [0.29, 0.717) is 0 Å². The van der Waals surface area contributed by atoms with Crippen LogP contribution in [0, 0.1) is 0 Å². The van der Waals surface area contributed by atoms with Crippen molar-refractivity contribution in [3.05, 3.63) is 16.4 Å². The molecule has 5 heteroatoms. The van der Waals surface area contributed by atoms with Gasteiger partial charge in [0.15, 0.2) is 0 Å². The fourth-order valence-electron chi connectivity index (χ4n) is 0.507. The third-order valence-electron chi connectivity index (χ3n) is 0.979. The Morgan fingerprint density at radius 3 is 2.90 bits per heavy atom. The summed E-state index contributed by atoms with van der Waals surface area (Å²) in [4.78, 5) is 0.852. The number of thiazole rings is 1. The molecule has 1 heterocycles. The molecule has 0 radical (unpaired) electrons. The number of hydrogen-bond donors (Lipinski definition) is 0. The third-order valence-corrected chi connectivity index (χ3v) is 1.82. The van der Waals surface area contributed by atoms with E-state index in [0.717, 1.165) is 4.80 Å². The van der Waals surface area contributed by atoms with Gasteiger partial charge in [0.25, 0.3) is 0 Å². The summed E-state index contributed by atoms with van der Waals surface area (Å²) < 4.78 is 1.89. The average molecular weight is 156 g/mol. The minimum Gasteiger partial charge on any atom is -0.325 e. The van der Waals surface area contributed by atoms with Crippen LogP contribution in [0.1, 0.15) is 0 Å². The molecule has 0 aliphatic carbocycles. The first-order valence-electron chi connectivity index (χ1n) is 2.77. The molecule has 1 rings (SSSR count). The maximum absolute atomic E-state index is 3.82. The molecule has 0 atom stereocenters. The van der Waals surface area contributed by atoms with Gasteiger partial charge in [-0.1, -0.05) is 0 Å². The Bertz CT molecular complexity index is 282. The van der Waals surface area contributed by atoms with E-state index in [1.165, 1.54) is 11.3 Å². The van der Waals surface area contributed by atoms with Crippen molar-refractivity contribution in [2.24, 2.45) is 22.5 Å². The Morgan fingerprint density at radius 2 is 2.40 bits per heavy atom. The van der Waals surface area contributed by atoms with Crippen LogP contribution in [0.5, 0.6) is 0 Å². The van der Waals surface area contributed by atoms with E-state index in [1.807, 2.05) is 23.2 Å². The molecular formula is C5H8N4S. The van der Waals surface area contributed by atoms with Gasteiger partial charge < -0.3 is 4.57 Å². The van der Waals surface area contributed by atoms with Gasteiger partial charge in [-0.3, -0.25) is 0 Å². The van der Waals surface area contributed by atoms with Gasteiger partial charge in [0.2, 0.25) is 4.80 Å². The van der Waals surface area contributed by atoms with Crippen LogP contribution in [-0.2, 0) is 7.05 Å². The predicted molar refractivity (Wildman–Crippen MR) is 39.6 cm³/mol.